The van der Waals surface area contributed by atoms with Crippen molar-refractivity contribution in [3.8, 4) is 0 Å². The molecule has 29 heavy (non-hydrogen) atoms. The Labute approximate surface area is 175 Å². The molecule has 0 N–H and O–H groups in total. The molecule has 1 aromatic rings. The first-order valence-electron chi connectivity index (χ1n) is 10.2. The second-order valence-electron chi connectivity index (χ2n) is 7.57. The number of halogens is 1. The maximum Gasteiger partial charge on any atom is 0.214 e. The van der Waals surface area contributed by atoms with E-state index >= 15 is 0 Å². The highest BCUT2D eigenvalue weighted by atomic mass is 19.1. The highest BCUT2D eigenvalue weighted by Gasteiger charge is 2.27. The summed E-state index contributed by atoms with van der Waals surface area (Å²) >= 11 is 0. The highest BCUT2D eigenvalue weighted by Crippen LogP contribution is 2.44. The predicted octanol–water partition coefficient (Wildman–Crippen LogP) is 7.82. The maximum atomic E-state index is 14.2. The number of nitrogens with zero attached hydrogens (tertiary/aromatic N) is 1. The molecule has 1 aromatic carbocycles. The minimum Gasteiger partial charge on any atom is -0.261 e. The number of rotatable bonds is 8. The van der Waals surface area contributed by atoms with Gasteiger partial charge in [0.25, 0.3) is 0 Å². The van der Waals surface area contributed by atoms with Crippen molar-refractivity contribution in [1.82, 2.24) is 0 Å². The Morgan fingerprint density at radius 1 is 1.10 bits per heavy atom. The lowest BCUT2D eigenvalue weighted by Gasteiger charge is -2.32. The Kier molecular flexibility index (Phi) is 8.33. The van der Waals surface area contributed by atoms with E-state index in [1.54, 1.807) is 6.08 Å². The van der Waals surface area contributed by atoms with Gasteiger partial charge in [0.2, 0.25) is 5.97 Å². The molecule has 2 rings (SSSR count). The SMILES string of the molecule is C=C(C)C=CC(=C)C(C(C)=CC(=CC)C(F)=NC)=C(c1ccccc1)C1CCC1. The van der Waals surface area contributed by atoms with Gasteiger partial charge in [0.05, 0.1) is 0 Å². The second-order valence-corrected chi connectivity index (χ2v) is 7.57. The molecule has 152 valence electrons. The van der Waals surface area contributed by atoms with E-state index in [-0.39, 0.29) is 0 Å². The van der Waals surface area contributed by atoms with Crippen LogP contribution < -0.4 is 0 Å². The fraction of sp³-hybridized carbons (Fsp3) is 0.296. The van der Waals surface area contributed by atoms with Gasteiger partial charge in [0.15, 0.2) is 0 Å². The number of hydrogen-bond donors (Lipinski definition) is 0. The quantitative estimate of drug-likeness (QED) is 0.317. The zero-order valence-electron chi connectivity index (χ0n) is 18.1. The van der Waals surface area contributed by atoms with Gasteiger partial charge in [-0.05, 0) is 73.5 Å². The van der Waals surface area contributed by atoms with Crippen LogP contribution in [0.3, 0.4) is 0 Å². The van der Waals surface area contributed by atoms with Crippen molar-refractivity contribution < 1.29 is 4.39 Å². The van der Waals surface area contributed by atoms with E-state index in [0.717, 1.165) is 22.3 Å². The van der Waals surface area contributed by atoms with E-state index < -0.39 is 5.97 Å². The van der Waals surface area contributed by atoms with Crippen LogP contribution >= 0.6 is 0 Å². The average Bonchev–Trinajstić information content (AvgIpc) is 2.68. The number of hydrogen-bond acceptors (Lipinski definition) is 1. The topological polar surface area (TPSA) is 12.4 Å². The van der Waals surface area contributed by atoms with Crippen LogP contribution in [0.4, 0.5) is 4.39 Å². The Bertz CT molecular complexity index is 903. The van der Waals surface area contributed by atoms with Crippen LogP contribution in [-0.2, 0) is 0 Å². The predicted molar refractivity (Wildman–Crippen MR) is 126 cm³/mol. The van der Waals surface area contributed by atoms with Gasteiger partial charge in [0.1, 0.15) is 0 Å². The molecule has 1 aliphatic rings. The van der Waals surface area contributed by atoms with E-state index in [4.69, 9.17) is 0 Å². The Morgan fingerprint density at radius 2 is 1.76 bits per heavy atom. The first kappa shape index (κ1) is 22.5. The summed E-state index contributed by atoms with van der Waals surface area (Å²) in [6, 6.07) is 10.5. The summed E-state index contributed by atoms with van der Waals surface area (Å²) in [5, 5.41) is 0. The lowest BCUT2D eigenvalue weighted by atomic mass is 9.73. The van der Waals surface area contributed by atoms with Gasteiger partial charge in [-0.2, -0.15) is 4.39 Å². The van der Waals surface area contributed by atoms with Gasteiger partial charge < -0.3 is 0 Å². The van der Waals surface area contributed by atoms with Crippen LogP contribution in [0.25, 0.3) is 5.57 Å². The summed E-state index contributed by atoms with van der Waals surface area (Å²) < 4.78 is 14.2. The minimum atomic E-state index is -0.459. The molecular formula is C27H32FN. The van der Waals surface area contributed by atoms with E-state index in [9.17, 15) is 4.39 Å². The minimum absolute atomic E-state index is 0.459. The van der Waals surface area contributed by atoms with Crippen LogP contribution in [0, 0.1) is 5.92 Å². The third kappa shape index (κ3) is 5.87. The molecule has 0 atom stereocenters. The summed E-state index contributed by atoms with van der Waals surface area (Å²) in [6.45, 7) is 14.1. The highest BCUT2D eigenvalue weighted by molar-refractivity contribution is 5.96. The van der Waals surface area contributed by atoms with E-state index in [1.807, 2.05) is 45.1 Å². The monoisotopic (exact) mass is 389 g/mol. The van der Waals surface area contributed by atoms with Gasteiger partial charge in [0, 0.05) is 12.6 Å². The van der Waals surface area contributed by atoms with Crippen molar-refractivity contribution in [2.24, 2.45) is 10.9 Å². The molecule has 0 aliphatic heterocycles. The van der Waals surface area contributed by atoms with Crippen LogP contribution in [0.1, 0.15) is 45.6 Å². The van der Waals surface area contributed by atoms with Crippen molar-refractivity contribution >= 4 is 11.5 Å². The Hall–Kier alpha value is -2.74. The molecule has 0 aromatic heterocycles. The number of benzene rings is 1. The Morgan fingerprint density at radius 3 is 2.24 bits per heavy atom. The summed E-state index contributed by atoms with van der Waals surface area (Å²) in [5.74, 6) is 0.0312. The zero-order chi connectivity index (χ0) is 21.4. The molecule has 0 saturated heterocycles. The standard InChI is InChI=1S/C27H32FN/c1-7-22(27(28)29-6)18-21(5)25(20(4)17-16-19(2)3)26(24-14-11-15-24)23-12-9-8-10-13-23/h7-10,12-13,16-18,24H,2,4,11,14-15H2,1,3,5-6H3. The third-order valence-electron chi connectivity index (χ3n) is 5.27. The van der Waals surface area contributed by atoms with Crippen molar-refractivity contribution in [3.63, 3.8) is 0 Å². The molecular weight excluding hydrogens is 357 g/mol. The lowest BCUT2D eigenvalue weighted by molar-refractivity contribution is 0.399. The molecule has 1 fully saturated rings. The molecule has 2 heteroatoms. The van der Waals surface area contributed by atoms with Crippen LogP contribution in [0.5, 0.6) is 0 Å². The summed E-state index contributed by atoms with van der Waals surface area (Å²) in [5.41, 5.74) is 6.94. The fourth-order valence-corrected chi connectivity index (χ4v) is 3.56. The molecule has 1 nitrogen and oxygen atoms in total. The summed E-state index contributed by atoms with van der Waals surface area (Å²) in [4.78, 5) is 3.71. The molecule has 0 unspecified atom stereocenters. The zero-order valence-corrected chi connectivity index (χ0v) is 18.1. The first-order chi connectivity index (χ1) is 13.9. The van der Waals surface area contributed by atoms with E-state index in [1.165, 1.54) is 37.4 Å². The normalized spacial score (nSPS) is 17.2. The molecule has 0 spiro atoms. The number of allylic oxidation sites excluding steroid dienone is 10. The molecule has 0 bridgehead atoms. The average molecular weight is 390 g/mol. The van der Waals surface area contributed by atoms with E-state index in [0.29, 0.717) is 11.5 Å². The Balaban J connectivity index is 2.72. The molecule has 1 aliphatic carbocycles. The van der Waals surface area contributed by atoms with Crippen molar-refractivity contribution in [2.45, 2.75) is 40.0 Å². The largest absolute Gasteiger partial charge is 0.261 e. The molecule has 0 heterocycles. The molecule has 0 amide bonds. The maximum absolute atomic E-state index is 14.2. The molecule has 1 saturated carbocycles. The van der Waals surface area contributed by atoms with Crippen LogP contribution in [0.2, 0.25) is 0 Å². The molecule has 0 radical (unpaired) electrons. The number of aliphatic imine (C=N–C) groups is 1. The van der Waals surface area contributed by atoms with Gasteiger partial charge in [-0.1, -0.05) is 73.7 Å². The summed E-state index contributed by atoms with van der Waals surface area (Å²) in [7, 11) is 1.47. The lowest BCUT2D eigenvalue weighted by Crippen LogP contribution is -2.16. The van der Waals surface area contributed by atoms with E-state index in [2.05, 4.69) is 42.4 Å². The third-order valence-corrected chi connectivity index (χ3v) is 5.27. The van der Waals surface area contributed by atoms with Crippen molar-refractivity contribution in [2.75, 3.05) is 7.05 Å². The van der Waals surface area contributed by atoms with Crippen LogP contribution in [0.15, 0.2) is 101 Å². The van der Waals surface area contributed by atoms with Gasteiger partial charge in [-0.15, -0.1) is 0 Å². The first-order valence-corrected chi connectivity index (χ1v) is 10.2. The smallest absolute Gasteiger partial charge is 0.214 e. The van der Waals surface area contributed by atoms with Gasteiger partial charge >= 0.3 is 0 Å². The fourth-order valence-electron chi connectivity index (χ4n) is 3.56. The summed E-state index contributed by atoms with van der Waals surface area (Å²) in [6.07, 6.45) is 11.2. The van der Waals surface area contributed by atoms with Gasteiger partial charge in [-0.3, -0.25) is 4.99 Å². The van der Waals surface area contributed by atoms with Crippen molar-refractivity contribution in [3.05, 3.63) is 101 Å². The van der Waals surface area contributed by atoms with Crippen molar-refractivity contribution in [1.29, 1.82) is 0 Å². The van der Waals surface area contributed by atoms with Gasteiger partial charge in [-0.25, -0.2) is 0 Å². The second kappa shape index (κ2) is 10.7. The van der Waals surface area contributed by atoms with Crippen LogP contribution in [-0.4, -0.2) is 13.0 Å².